The summed E-state index contributed by atoms with van der Waals surface area (Å²) in [6, 6.07) is 12.6. The maximum atomic E-state index is 12.2. The lowest BCUT2D eigenvalue weighted by Gasteiger charge is -2.13. The van der Waals surface area contributed by atoms with E-state index in [1.165, 1.54) is 10.4 Å². The minimum atomic E-state index is -0.101. The second kappa shape index (κ2) is 8.14. The first-order chi connectivity index (χ1) is 10.6. The van der Waals surface area contributed by atoms with Crippen LogP contribution in [-0.2, 0) is 17.6 Å². The van der Waals surface area contributed by atoms with Crippen LogP contribution in [-0.4, -0.2) is 12.5 Å². The summed E-state index contributed by atoms with van der Waals surface area (Å²) in [6.07, 6.45) is 1.99. The van der Waals surface area contributed by atoms with Crippen LogP contribution in [0, 0.1) is 5.92 Å². The number of benzene rings is 1. The number of thiophene rings is 1. The molecule has 1 heterocycles. The molecule has 0 unspecified atom stereocenters. The van der Waals surface area contributed by atoms with E-state index in [4.69, 9.17) is 0 Å². The minimum Gasteiger partial charge on any atom is -0.355 e. The molecule has 1 aromatic heterocycles. The van der Waals surface area contributed by atoms with Gasteiger partial charge in [-0.2, -0.15) is 0 Å². The number of carbonyl (C=O) groups excluding carboxylic acids is 1. The van der Waals surface area contributed by atoms with Gasteiger partial charge in [0.05, 0.1) is 5.92 Å². The Kier molecular flexibility index (Phi) is 6.20. The molecule has 0 aliphatic heterocycles. The van der Waals surface area contributed by atoms with Crippen LogP contribution >= 0.6 is 11.3 Å². The second-order valence-electron chi connectivity index (χ2n) is 6.18. The van der Waals surface area contributed by atoms with Crippen molar-refractivity contribution >= 4 is 17.2 Å². The Bertz CT molecular complexity index is 572. The monoisotopic (exact) mass is 315 g/mol. The molecule has 1 aromatic carbocycles. The molecule has 2 rings (SSSR count). The molecule has 0 bridgehead atoms. The van der Waals surface area contributed by atoms with Gasteiger partial charge in [0.15, 0.2) is 0 Å². The fraction of sp³-hybridized carbons (Fsp3) is 0.421. The van der Waals surface area contributed by atoms with Crippen molar-refractivity contribution < 1.29 is 4.79 Å². The Morgan fingerprint density at radius 3 is 2.45 bits per heavy atom. The van der Waals surface area contributed by atoms with E-state index in [9.17, 15) is 4.79 Å². The average molecular weight is 315 g/mol. The Morgan fingerprint density at radius 2 is 1.86 bits per heavy atom. The molecular weight excluding hydrogens is 290 g/mol. The van der Waals surface area contributed by atoms with Crippen LogP contribution in [0.3, 0.4) is 0 Å². The summed E-state index contributed by atoms with van der Waals surface area (Å²) < 4.78 is 0. The normalized spacial score (nSPS) is 12.4. The molecule has 118 valence electrons. The SMILES string of the molecule is CC(C)Cc1ccc([C@@H](C)C(=O)NCCc2cccs2)cc1. The Balaban J connectivity index is 1.84. The van der Waals surface area contributed by atoms with Crippen LogP contribution in [0.2, 0.25) is 0 Å². The molecule has 22 heavy (non-hydrogen) atoms. The van der Waals surface area contributed by atoms with Gasteiger partial charge in [0.25, 0.3) is 0 Å². The van der Waals surface area contributed by atoms with Crippen molar-refractivity contribution in [1.29, 1.82) is 0 Å². The first-order valence-corrected chi connectivity index (χ1v) is 8.83. The van der Waals surface area contributed by atoms with Crippen LogP contribution < -0.4 is 5.32 Å². The van der Waals surface area contributed by atoms with Crippen molar-refractivity contribution in [1.82, 2.24) is 5.32 Å². The smallest absolute Gasteiger partial charge is 0.227 e. The number of rotatable bonds is 7. The first kappa shape index (κ1) is 16.8. The van der Waals surface area contributed by atoms with Crippen LogP contribution in [0.4, 0.5) is 0 Å². The van der Waals surface area contributed by atoms with Crippen molar-refractivity contribution in [2.45, 2.75) is 39.5 Å². The molecule has 0 aliphatic carbocycles. The zero-order chi connectivity index (χ0) is 15.9. The van der Waals surface area contributed by atoms with E-state index in [1.54, 1.807) is 11.3 Å². The van der Waals surface area contributed by atoms with Gasteiger partial charge in [-0.25, -0.2) is 0 Å². The number of nitrogens with one attached hydrogen (secondary N) is 1. The molecule has 0 spiro atoms. The largest absolute Gasteiger partial charge is 0.355 e. The number of hydrogen-bond donors (Lipinski definition) is 1. The average Bonchev–Trinajstić information content (AvgIpc) is 3.00. The van der Waals surface area contributed by atoms with E-state index >= 15 is 0 Å². The van der Waals surface area contributed by atoms with Crippen molar-refractivity contribution in [3.8, 4) is 0 Å². The maximum Gasteiger partial charge on any atom is 0.227 e. The summed E-state index contributed by atoms with van der Waals surface area (Å²) in [7, 11) is 0. The molecule has 2 nitrogen and oxygen atoms in total. The van der Waals surface area contributed by atoms with Gasteiger partial charge in [-0.1, -0.05) is 44.2 Å². The van der Waals surface area contributed by atoms with Gasteiger partial charge in [0.2, 0.25) is 5.91 Å². The van der Waals surface area contributed by atoms with Gasteiger partial charge in [0, 0.05) is 11.4 Å². The third kappa shape index (κ3) is 4.99. The highest BCUT2D eigenvalue weighted by Crippen LogP contribution is 2.18. The Labute approximate surface area is 137 Å². The van der Waals surface area contributed by atoms with E-state index in [0.717, 1.165) is 18.4 Å². The summed E-state index contributed by atoms with van der Waals surface area (Å²) >= 11 is 1.73. The van der Waals surface area contributed by atoms with Crippen molar-refractivity contribution in [3.63, 3.8) is 0 Å². The molecule has 1 N–H and O–H groups in total. The van der Waals surface area contributed by atoms with Gasteiger partial charge < -0.3 is 5.32 Å². The molecule has 2 aromatic rings. The van der Waals surface area contributed by atoms with Crippen LogP contribution in [0.15, 0.2) is 41.8 Å². The molecule has 0 fully saturated rings. The molecule has 1 amide bonds. The zero-order valence-electron chi connectivity index (χ0n) is 13.6. The molecule has 0 radical (unpaired) electrons. The van der Waals surface area contributed by atoms with Crippen molar-refractivity contribution in [3.05, 3.63) is 57.8 Å². The highest BCUT2D eigenvalue weighted by Gasteiger charge is 2.14. The Morgan fingerprint density at radius 1 is 1.14 bits per heavy atom. The van der Waals surface area contributed by atoms with Crippen molar-refractivity contribution in [2.75, 3.05) is 6.54 Å². The lowest BCUT2D eigenvalue weighted by molar-refractivity contribution is -0.122. The number of carbonyl (C=O) groups is 1. The number of hydrogen-bond acceptors (Lipinski definition) is 2. The topological polar surface area (TPSA) is 29.1 Å². The second-order valence-corrected chi connectivity index (χ2v) is 7.21. The van der Waals surface area contributed by atoms with E-state index in [2.05, 4.69) is 54.9 Å². The lowest BCUT2D eigenvalue weighted by atomic mass is 9.96. The quantitative estimate of drug-likeness (QED) is 0.805. The third-order valence-corrected chi connectivity index (χ3v) is 4.70. The highest BCUT2D eigenvalue weighted by atomic mass is 32.1. The molecular formula is C19H25NOS. The highest BCUT2D eigenvalue weighted by molar-refractivity contribution is 7.09. The predicted molar refractivity (Wildman–Crippen MR) is 94.4 cm³/mol. The first-order valence-electron chi connectivity index (χ1n) is 7.95. The standard InChI is InChI=1S/C19H25NOS/c1-14(2)13-16-6-8-17(9-7-16)15(3)19(21)20-11-10-18-5-4-12-22-18/h4-9,12,14-15H,10-11,13H2,1-3H3,(H,20,21)/t15-/m1/s1. The predicted octanol–water partition coefficient (Wildman–Crippen LogP) is 4.41. The summed E-state index contributed by atoms with van der Waals surface area (Å²) in [6.45, 7) is 7.11. The molecule has 0 saturated heterocycles. The molecule has 1 atom stereocenters. The fourth-order valence-electron chi connectivity index (χ4n) is 2.48. The van der Waals surface area contributed by atoms with E-state index in [0.29, 0.717) is 12.5 Å². The summed E-state index contributed by atoms with van der Waals surface area (Å²) in [5.74, 6) is 0.661. The third-order valence-electron chi connectivity index (χ3n) is 3.77. The van der Waals surface area contributed by atoms with Gasteiger partial charge in [-0.3, -0.25) is 4.79 Å². The van der Waals surface area contributed by atoms with Gasteiger partial charge in [-0.15, -0.1) is 11.3 Å². The maximum absolute atomic E-state index is 12.2. The lowest BCUT2D eigenvalue weighted by Crippen LogP contribution is -2.29. The van der Waals surface area contributed by atoms with Crippen LogP contribution in [0.1, 0.15) is 42.7 Å². The van der Waals surface area contributed by atoms with Crippen molar-refractivity contribution in [2.24, 2.45) is 5.92 Å². The zero-order valence-corrected chi connectivity index (χ0v) is 14.5. The fourth-order valence-corrected chi connectivity index (χ4v) is 3.19. The van der Waals surface area contributed by atoms with Gasteiger partial charge in [-0.05, 0) is 48.3 Å². The minimum absolute atomic E-state index is 0.101. The summed E-state index contributed by atoms with van der Waals surface area (Å²) in [5.41, 5.74) is 2.42. The van der Waals surface area contributed by atoms with E-state index in [-0.39, 0.29) is 11.8 Å². The summed E-state index contributed by atoms with van der Waals surface area (Å²) in [5, 5.41) is 5.10. The molecule has 0 aliphatic rings. The number of amides is 1. The Hall–Kier alpha value is -1.61. The van der Waals surface area contributed by atoms with Crippen LogP contribution in [0.25, 0.3) is 0 Å². The molecule has 3 heteroatoms. The van der Waals surface area contributed by atoms with Gasteiger partial charge in [0.1, 0.15) is 0 Å². The summed E-state index contributed by atoms with van der Waals surface area (Å²) in [4.78, 5) is 13.5. The molecule has 0 saturated carbocycles. The van der Waals surface area contributed by atoms with Gasteiger partial charge >= 0.3 is 0 Å². The van der Waals surface area contributed by atoms with E-state index < -0.39 is 0 Å². The van der Waals surface area contributed by atoms with E-state index in [1.807, 2.05) is 13.0 Å². The van der Waals surface area contributed by atoms with Crippen LogP contribution in [0.5, 0.6) is 0 Å².